The first-order valence-corrected chi connectivity index (χ1v) is 8.12. The number of fused-ring (bicyclic) bond motifs is 1. The van der Waals surface area contributed by atoms with Crippen LogP contribution >= 0.6 is 34.9 Å². The molecule has 0 aliphatic heterocycles. The van der Waals surface area contributed by atoms with Crippen LogP contribution in [-0.2, 0) is 5.75 Å². The van der Waals surface area contributed by atoms with Gasteiger partial charge in [0.25, 0.3) is 0 Å². The summed E-state index contributed by atoms with van der Waals surface area (Å²) in [6.45, 7) is 2.61. The number of nitrogens with one attached hydrogen (secondary N) is 1. The molecule has 0 aliphatic rings. The zero-order chi connectivity index (χ0) is 13.9. The Hall–Kier alpha value is -1.31. The van der Waals surface area contributed by atoms with Gasteiger partial charge >= 0.3 is 0 Å². The molecule has 104 valence electrons. The molecule has 1 N–H and O–H groups in total. The Bertz CT molecular complexity index is 727. The van der Waals surface area contributed by atoms with Gasteiger partial charge in [0, 0.05) is 23.4 Å². The van der Waals surface area contributed by atoms with Crippen molar-refractivity contribution in [3.8, 4) is 5.75 Å². The third-order valence-corrected chi connectivity index (χ3v) is 4.47. The fourth-order valence-electron chi connectivity index (χ4n) is 1.71. The van der Waals surface area contributed by atoms with Gasteiger partial charge in [-0.15, -0.1) is 5.10 Å². The molecule has 2 aromatic heterocycles. The third-order valence-electron chi connectivity index (χ3n) is 2.60. The molecule has 8 heteroatoms. The van der Waals surface area contributed by atoms with Gasteiger partial charge in [-0.2, -0.15) is 0 Å². The van der Waals surface area contributed by atoms with Gasteiger partial charge in [0.15, 0.2) is 5.16 Å². The average Bonchev–Trinajstić information content (AvgIpc) is 3.02. The Balaban J connectivity index is 1.77. The Kier molecular flexibility index (Phi) is 4.09. The minimum Gasteiger partial charge on any atom is -0.494 e. The topological polar surface area (TPSA) is 63.7 Å². The lowest BCUT2D eigenvalue weighted by Crippen LogP contribution is -1.90. The maximum absolute atomic E-state index is 5.97. The summed E-state index contributed by atoms with van der Waals surface area (Å²) in [6, 6.07) is 5.81. The number of halogens is 1. The Morgan fingerprint density at radius 1 is 1.45 bits per heavy atom. The fraction of sp³-hybridized carbons (Fsp3) is 0.250. The van der Waals surface area contributed by atoms with Gasteiger partial charge in [0.1, 0.15) is 15.8 Å². The van der Waals surface area contributed by atoms with Crippen molar-refractivity contribution in [1.29, 1.82) is 0 Å². The standard InChI is InChI=1S/C12H11ClN4OS2/c1-2-18-7-3-4-8-9(5-7)15-12(14-8)19-6-10-11(13)20-17-16-10/h3-5H,2,6H2,1H3,(H,14,15). The Morgan fingerprint density at radius 3 is 3.10 bits per heavy atom. The number of nitrogens with zero attached hydrogens (tertiary/aromatic N) is 3. The van der Waals surface area contributed by atoms with E-state index in [-0.39, 0.29) is 0 Å². The number of ether oxygens (including phenoxy) is 1. The molecule has 0 amide bonds. The molecule has 0 spiro atoms. The van der Waals surface area contributed by atoms with E-state index in [0.717, 1.165) is 27.6 Å². The molecule has 1 aromatic carbocycles. The van der Waals surface area contributed by atoms with Crippen LogP contribution in [0.1, 0.15) is 12.6 Å². The summed E-state index contributed by atoms with van der Waals surface area (Å²) in [5.74, 6) is 1.49. The molecule has 0 bridgehead atoms. The van der Waals surface area contributed by atoms with Crippen LogP contribution in [0.25, 0.3) is 11.0 Å². The van der Waals surface area contributed by atoms with E-state index in [4.69, 9.17) is 16.3 Å². The van der Waals surface area contributed by atoms with Crippen LogP contribution in [0.4, 0.5) is 0 Å². The summed E-state index contributed by atoms with van der Waals surface area (Å²) >= 11 is 8.72. The highest BCUT2D eigenvalue weighted by atomic mass is 35.5. The summed E-state index contributed by atoms with van der Waals surface area (Å²) in [4.78, 5) is 7.77. The molecule has 0 saturated heterocycles. The van der Waals surface area contributed by atoms with Crippen LogP contribution < -0.4 is 4.74 Å². The lowest BCUT2D eigenvalue weighted by molar-refractivity contribution is 0.340. The van der Waals surface area contributed by atoms with Gasteiger partial charge in [-0.1, -0.05) is 27.9 Å². The normalized spacial score (nSPS) is 11.1. The highest BCUT2D eigenvalue weighted by Gasteiger charge is 2.09. The number of rotatable bonds is 5. The molecular formula is C12H11ClN4OS2. The number of hydrogen-bond donors (Lipinski definition) is 1. The molecule has 3 aromatic rings. The van der Waals surface area contributed by atoms with Crippen molar-refractivity contribution in [3.05, 3.63) is 28.2 Å². The summed E-state index contributed by atoms with van der Waals surface area (Å²) in [7, 11) is 0. The average molecular weight is 327 g/mol. The van der Waals surface area contributed by atoms with Gasteiger partial charge in [0.2, 0.25) is 0 Å². The van der Waals surface area contributed by atoms with E-state index >= 15 is 0 Å². The first-order chi connectivity index (χ1) is 9.76. The Morgan fingerprint density at radius 2 is 2.35 bits per heavy atom. The molecule has 5 nitrogen and oxygen atoms in total. The Labute approximate surface area is 128 Å². The van der Waals surface area contributed by atoms with Crippen LogP contribution in [0, 0.1) is 0 Å². The van der Waals surface area contributed by atoms with E-state index in [1.54, 1.807) is 11.8 Å². The molecular weight excluding hydrogens is 316 g/mol. The number of aromatic nitrogens is 4. The molecule has 0 unspecified atom stereocenters. The van der Waals surface area contributed by atoms with Crippen molar-refractivity contribution >= 4 is 45.9 Å². The molecule has 0 fully saturated rings. The second-order valence-electron chi connectivity index (χ2n) is 3.94. The van der Waals surface area contributed by atoms with Crippen molar-refractivity contribution in [2.45, 2.75) is 17.8 Å². The summed E-state index contributed by atoms with van der Waals surface area (Å²) in [6.07, 6.45) is 0. The maximum atomic E-state index is 5.97. The van der Waals surface area contributed by atoms with Gasteiger partial charge in [0.05, 0.1) is 17.6 Å². The van der Waals surface area contributed by atoms with Crippen LogP contribution in [0.15, 0.2) is 23.4 Å². The van der Waals surface area contributed by atoms with Crippen LogP contribution in [-0.4, -0.2) is 26.2 Å². The van der Waals surface area contributed by atoms with Gasteiger partial charge < -0.3 is 9.72 Å². The molecule has 2 heterocycles. The molecule has 3 rings (SSSR count). The number of imidazole rings is 1. The largest absolute Gasteiger partial charge is 0.494 e. The van der Waals surface area contributed by atoms with E-state index in [9.17, 15) is 0 Å². The molecule has 0 atom stereocenters. The van der Waals surface area contributed by atoms with E-state index < -0.39 is 0 Å². The zero-order valence-corrected chi connectivity index (χ0v) is 13.0. The SMILES string of the molecule is CCOc1ccc2nc(SCc3nnsc3Cl)[nH]c2c1. The van der Waals surface area contributed by atoms with Crippen LogP contribution in [0.3, 0.4) is 0 Å². The van der Waals surface area contributed by atoms with Crippen molar-refractivity contribution < 1.29 is 4.74 Å². The number of hydrogen-bond acceptors (Lipinski definition) is 6. The van der Waals surface area contributed by atoms with Crippen molar-refractivity contribution in [2.75, 3.05) is 6.61 Å². The minimum atomic E-state index is 0.632. The predicted octanol–water partition coefficient (Wildman–Crippen LogP) is 3.76. The van der Waals surface area contributed by atoms with Gasteiger partial charge in [-0.3, -0.25) is 0 Å². The lowest BCUT2D eigenvalue weighted by atomic mass is 10.3. The van der Waals surface area contributed by atoms with Gasteiger partial charge in [-0.25, -0.2) is 4.98 Å². The number of thioether (sulfide) groups is 1. The first-order valence-electron chi connectivity index (χ1n) is 5.98. The summed E-state index contributed by atoms with van der Waals surface area (Å²) < 4.78 is 9.91. The van der Waals surface area contributed by atoms with Crippen molar-refractivity contribution in [2.24, 2.45) is 0 Å². The third kappa shape index (κ3) is 2.89. The van der Waals surface area contributed by atoms with Crippen LogP contribution in [0.2, 0.25) is 4.34 Å². The smallest absolute Gasteiger partial charge is 0.166 e. The molecule has 0 aliphatic carbocycles. The van der Waals surface area contributed by atoms with Gasteiger partial charge in [-0.05, 0) is 19.1 Å². The van der Waals surface area contributed by atoms with Crippen molar-refractivity contribution in [1.82, 2.24) is 19.6 Å². The lowest BCUT2D eigenvalue weighted by Gasteiger charge is -2.00. The summed E-state index contributed by atoms with van der Waals surface area (Å²) in [5, 5.41) is 4.81. The van der Waals surface area contributed by atoms with Crippen LogP contribution in [0.5, 0.6) is 5.75 Å². The monoisotopic (exact) mass is 326 g/mol. The number of aromatic amines is 1. The summed E-state index contributed by atoms with van der Waals surface area (Å²) in [5.41, 5.74) is 2.66. The quantitative estimate of drug-likeness (QED) is 0.723. The number of benzene rings is 1. The zero-order valence-electron chi connectivity index (χ0n) is 10.6. The highest BCUT2D eigenvalue weighted by Crippen LogP contribution is 2.28. The van der Waals surface area contributed by atoms with Crippen molar-refractivity contribution in [3.63, 3.8) is 0 Å². The molecule has 20 heavy (non-hydrogen) atoms. The molecule has 0 saturated carbocycles. The first kappa shape index (κ1) is 13.7. The van der Waals surface area contributed by atoms with E-state index in [2.05, 4.69) is 19.6 Å². The molecule has 0 radical (unpaired) electrons. The van der Waals surface area contributed by atoms with E-state index in [0.29, 0.717) is 16.7 Å². The second-order valence-corrected chi connectivity index (χ2v) is 6.26. The predicted molar refractivity (Wildman–Crippen MR) is 81.7 cm³/mol. The second kappa shape index (κ2) is 5.99. The fourth-order valence-corrected chi connectivity index (χ4v) is 3.33. The van der Waals surface area contributed by atoms with E-state index in [1.165, 1.54) is 11.5 Å². The number of H-pyrrole nitrogens is 1. The maximum Gasteiger partial charge on any atom is 0.166 e. The van der Waals surface area contributed by atoms with E-state index in [1.807, 2.05) is 25.1 Å². The highest BCUT2D eigenvalue weighted by molar-refractivity contribution is 7.98. The minimum absolute atomic E-state index is 0.632.